The molecule has 4 nitrogen and oxygen atoms in total. The van der Waals surface area contributed by atoms with Crippen LogP contribution >= 0.6 is 16.1 Å². The highest BCUT2D eigenvalue weighted by Crippen LogP contribution is 2.03. The molecule has 0 aliphatic rings. The summed E-state index contributed by atoms with van der Waals surface area (Å²) < 4.78 is 1.54. The Kier molecular flexibility index (Phi) is 3.48. The molecular formula is C6H11BrN4. The number of tetrazole rings is 1. The molecule has 1 rings (SSSR count). The van der Waals surface area contributed by atoms with E-state index in [0.717, 1.165) is 18.7 Å². The van der Waals surface area contributed by atoms with Gasteiger partial charge in [0, 0.05) is 6.42 Å². The van der Waals surface area contributed by atoms with E-state index in [1.54, 1.807) is 3.71 Å². The largest absolute Gasteiger partial charge is 0.163 e. The van der Waals surface area contributed by atoms with Gasteiger partial charge in [0.15, 0.2) is 5.82 Å². The Balaban J connectivity index is 2.32. The van der Waals surface area contributed by atoms with E-state index < -0.39 is 0 Å². The zero-order chi connectivity index (χ0) is 8.10. The lowest BCUT2D eigenvalue weighted by Crippen LogP contribution is -1.93. The molecule has 5 heteroatoms. The van der Waals surface area contributed by atoms with E-state index in [9.17, 15) is 0 Å². The summed E-state index contributed by atoms with van der Waals surface area (Å²) in [7, 11) is 0. The van der Waals surface area contributed by atoms with Crippen molar-refractivity contribution in [1.29, 1.82) is 0 Å². The van der Waals surface area contributed by atoms with Crippen LogP contribution in [0.15, 0.2) is 0 Å². The van der Waals surface area contributed by atoms with Crippen molar-refractivity contribution in [2.24, 2.45) is 0 Å². The Labute approximate surface area is 74.3 Å². The van der Waals surface area contributed by atoms with Crippen molar-refractivity contribution in [1.82, 2.24) is 19.2 Å². The number of halogens is 1. The Bertz CT molecular complexity index is 210. The molecule has 0 unspecified atom stereocenters. The van der Waals surface area contributed by atoms with Crippen LogP contribution in [0.2, 0.25) is 0 Å². The SMILES string of the molecule is CCCCCc1nnnn1Br. The monoisotopic (exact) mass is 218 g/mol. The Morgan fingerprint density at radius 2 is 2.27 bits per heavy atom. The van der Waals surface area contributed by atoms with E-state index in [1.165, 1.54) is 12.8 Å². The van der Waals surface area contributed by atoms with Crippen molar-refractivity contribution in [3.63, 3.8) is 0 Å². The van der Waals surface area contributed by atoms with E-state index in [1.807, 2.05) is 0 Å². The first kappa shape index (κ1) is 8.64. The number of unbranched alkanes of at least 4 members (excludes halogenated alkanes) is 2. The Hall–Kier alpha value is -0.450. The first-order valence-corrected chi connectivity index (χ1v) is 4.49. The van der Waals surface area contributed by atoms with Crippen molar-refractivity contribution in [3.8, 4) is 0 Å². The molecule has 1 aromatic heterocycles. The summed E-state index contributed by atoms with van der Waals surface area (Å²) in [5.74, 6) is 0.901. The predicted octanol–water partition coefficient (Wildman–Crippen LogP) is 1.56. The average molecular weight is 219 g/mol. The number of aromatic nitrogens is 4. The smallest absolute Gasteiger partial charge is 0.161 e. The van der Waals surface area contributed by atoms with Crippen LogP contribution in [0, 0.1) is 0 Å². The molecule has 1 heterocycles. The molecule has 0 aliphatic carbocycles. The topological polar surface area (TPSA) is 43.6 Å². The lowest BCUT2D eigenvalue weighted by molar-refractivity contribution is 0.690. The highest BCUT2D eigenvalue weighted by molar-refractivity contribution is 9.08. The van der Waals surface area contributed by atoms with E-state index >= 15 is 0 Å². The highest BCUT2D eigenvalue weighted by Gasteiger charge is 2.01. The van der Waals surface area contributed by atoms with Gasteiger partial charge in [-0.1, -0.05) is 19.8 Å². The van der Waals surface area contributed by atoms with Gasteiger partial charge >= 0.3 is 0 Å². The Morgan fingerprint density at radius 1 is 1.45 bits per heavy atom. The Morgan fingerprint density at radius 3 is 2.82 bits per heavy atom. The van der Waals surface area contributed by atoms with Crippen molar-refractivity contribution in [2.75, 3.05) is 0 Å². The summed E-state index contributed by atoms with van der Waals surface area (Å²) in [6.07, 6.45) is 4.57. The normalized spacial score (nSPS) is 10.4. The maximum absolute atomic E-state index is 3.84. The molecule has 0 saturated heterocycles. The molecule has 0 amide bonds. The van der Waals surface area contributed by atoms with Crippen molar-refractivity contribution >= 4 is 16.1 Å². The highest BCUT2D eigenvalue weighted by atomic mass is 79.9. The molecule has 0 radical (unpaired) electrons. The molecule has 62 valence electrons. The summed E-state index contributed by atoms with van der Waals surface area (Å²) in [6, 6.07) is 0. The van der Waals surface area contributed by atoms with Gasteiger partial charge in [0.1, 0.15) is 0 Å². The van der Waals surface area contributed by atoms with Crippen LogP contribution < -0.4 is 0 Å². The predicted molar refractivity (Wildman–Crippen MR) is 45.4 cm³/mol. The number of aryl methyl sites for hydroxylation is 1. The zero-order valence-electron chi connectivity index (χ0n) is 6.50. The molecule has 11 heavy (non-hydrogen) atoms. The van der Waals surface area contributed by atoms with Gasteiger partial charge in [-0.25, -0.2) is 0 Å². The molecule has 0 bridgehead atoms. The first-order valence-electron chi connectivity index (χ1n) is 3.78. The van der Waals surface area contributed by atoms with E-state index in [4.69, 9.17) is 0 Å². The lowest BCUT2D eigenvalue weighted by Gasteiger charge is -1.94. The van der Waals surface area contributed by atoms with Gasteiger partial charge in [0.05, 0.1) is 16.1 Å². The molecule has 0 N–H and O–H groups in total. The third kappa shape index (κ3) is 2.57. The minimum Gasteiger partial charge on any atom is -0.161 e. The summed E-state index contributed by atoms with van der Waals surface area (Å²) in [6.45, 7) is 2.18. The quantitative estimate of drug-likeness (QED) is 0.721. The average Bonchev–Trinajstić information content (AvgIpc) is 2.37. The number of hydrogen-bond donors (Lipinski definition) is 0. The van der Waals surface area contributed by atoms with Gasteiger partial charge in [0.2, 0.25) is 0 Å². The standard InChI is InChI=1S/C6H11BrN4/c1-2-3-4-5-6-8-9-10-11(6)7/h2-5H2,1H3. The fourth-order valence-electron chi connectivity index (χ4n) is 0.871. The molecule has 0 spiro atoms. The fraction of sp³-hybridized carbons (Fsp3) is 0.833. The van der Waals surface area contributed by atoms with Crippen molar-refractivity contribution in [2.45, 2.75) is 32.6 Å². The van der Waals surface area contributed by atoms with Gasteiger partial charge in [0.25, 0.3) is 0 Å². The van der Waals surface area contributed by atoms with Gasteiger partial charge in [-0.2, -0.15) is 3.71 Å². The van der Waals surface area contributed by atoms with Crippen LogP contribution in [0.5, 0.6) is 0 Å². The maximum Gasteiger partial charge on any atom is 0.163 e. The zero-order valence-corrected chi connectivity index (χ0v) is 8.08. The minimum atomic E-state index is 0.901. The van der Waals surface area contributed by atoms with Crippen molar-refractivity contribution in [3.05, 3.63) is 5.82 Å². The van der Waals surface area contributed by atoms with Crippen LogP contribution in [0.4, 0.5) is 0 Å². The van der Waals surface area contributed by atoms with Gasteiger partial charge < -0.3 is 0 Å². The van der Waals surface area contributed by atoms with Crippen LogP contribution in [0.1, 0.15) is 32.0 Å². The van der Waals surface area contributed by atoms with Crippen LogP contribution in [-0.4, -0.2) is 19.2 Å². The van der Waals surface area contributed by atoms with Gasteiger partial charge in [-0.3, -0.25) is 0 Å². The van der Waals surface area contributed by atoms with Crippen LogP contribution in [0.3, 0.4) is 0 Å². The minimum absolute atomic E-state index is 0.901. The number of nitrogens with zero attached hydrogens (tertiary/aromatic N) is 4. The molecule has 0 saturated carbocycles. The van der Waals surface area contributed by atoms with Gasteiger partial charge in [-0.05, 0) is 16.8 Å². The maximum atomic E-state index is 3.84. The van der Waals surface area contributed by atoms with E-state index in [-0.39, 0.29) is 0 Å². The van der Waals surface area contributed by atoms with Crippen LogP contribution in [-0.2, 0) is 6.42 Å². The number of rotatable bonds is 4. The lowest BCUT2D eigenvalue weighted by atomic mass is 10.2. The summed E-state index contributed by atoms with van der Waals surface area (Å²) >= 11 is 3.20. The molecular weight excluding hydrogens is 208 g/mol. The molecule has 1 aromatic rings. The van der Waals surface area contributed by atoms with E-state index in [2.05, 4.69) is 38.6 Å². The second-order valence-electron chi connectivity index (χ2n) is 2.41. The summed E-state index contributed by atoms with van der Waals surface area (Å²) in [5, 5.41) is 11.0. The molecule has 0 atom stereocenters. The van der Waals surface area contributed by atoms with E-state index in [0.29, 0.717) is 0 Å². The van der Waals surface area contributed by atoms with Crippen LogP contribution in [0.25, 0.3) is 0 Å². The molecule has 0 aliphatic heterocycles. The molecule has 0 fully saturated rings. The van der Waals surface area contributed by atoms with Crippen molar-refractivity contribution < 1.29 is 0 Å². The first-order chi connectivity index (χ1) is 5.34. The second-order valence-corrected chi connectivity index (χ2v) is 3.08. The molecule has 0 aromatic carbocycles. The summed E-state index contributed by atoms with van der Waals surface area (Å²) in [4.78, 5) is 0. The third-order valence-corrected chi connectivity index (χ3v) is 2.05. The number of hydrogen-bond acceptors (Lipinski definition) is 3. The second kappa shape index (κ2) is 4.43. The summed E-state index contributed by atoms with van der Waals surface area (Å²) in [5.41, 5.74) is 0. The fourth-order valence-corrected chi connectivity index (χ4v) is 1.18. The van der Waals surface area contributed by atoms with Gasteiger partial charge in [-0.15, -0.1) is 5.10 Å². The third-order valence-electron chi connectivity index (χ3n) is 1.50.